The highest BCUT2D eigenvalue weighted by atomic mass is 32.2. The molecule has 1 amide bonds. The van der Waals surface area contributed by atoms with Crippen LogP contribution in [0.5, 0.6) is 0 Å². The normalized spacial score (nSPS) is 16.7. The summed E-state index contributed by atoms with van der Waals surface area (Å²) in [4.78, 5) is 37.1. The molecular weight excluding hydrogens is 470 g/mol. The molecule has 0 spiro atoms. The Labute approximate surface area is 206 Å². The molecule has 1 N–H and O–H groups in total. The number of sulfonamides is 1. The summed E-state index contributed by atoms with van der Waals surface area (Å²) in [6.45, 7) is 9.34. The lowest BCUT2D eigenvalue weighted by Crippen LogP contribution is -2.44. The number of hydrogen-bond donors (Lipinski definition) is 1. The van der Waals surface area contributed by atoms with Crippen molar-refractivity contribution in [2.24, 2.45) is 5.92 Å². The summed E-state index contributed by atoms with van der Waals surface area (Å²) in [5, 5.41) is 2.82. The van der Waals surface area contributed by atoms with Crippen molar-refractivity contribution in [3.8, 4) is 0 Å². The Morgan fingerprint density at radius 2 is 1.74 bits per heavy atom. The van der Waals surface area contributed by atoms with Crippen molar-refractivity contribution >= 4 is 33.4 Å². The molecule has 1 atom stereocenters. The highest BCUT2D eigenvalue weighted by molar-refractivity contribution is 7.89. The van der Waals surface area contributed by atoms with Gasteiger partial charge in [0, 0.05) is 42.3 Å². The zero-order valence-electron chi connectivity index (χ0n) is 20.9. The van der Waals surface area contributed by atoms with Crippen molar-refractivity contribution in [1.82, 2.24) is 8.87 Å². The number of rotatable bonds is 8. The van der Waals surface area contributed by atoms with Crippen molar-refractivity contribution in [2.75, 3.05) is 25.0 Å². The SMILES string of the molecule is CCOC(=O)c1c(S(=O)(=O)N2CCCC(C(=O)Nc3ccc(C(C)=O)cc3)C2)c(C)n(CC)c1C. The Morgan fingerprint density at radius 3 is 2.31 bits per heavy atom. The van der Waals surface area contributed by atoms with E-state index in [0.29, 0.717) is 42.0 Å². The van der Waals surface area contributed by atoms with E-state index in [4.69, 9.17) is 4.74 Å². The first-order chi connectivity index (χ1) is 16.5. The van der Waals surface area contributed by atoms with Gasteiger partial charge in [-0.05, 0) is 71.7 Å². The fraction of sp³-hybridized carbons (Fsp3) is 0.480. The van der Waals surface area contributed by atoms with E-state index < -0.39 is 21.9 Å². The summed E-state index contributed by atoms with van der Waals surface area (Å²) in [6.07, 6.45) is 1.06. The molecule has 9 nitrogen and oxygen atoms in total. The lowest BCUT2D eigenvalue weighted by molar-refractivity contribution is -0.120. The number of anilines is 1. The molecule has 1 aromatic heterocycles. The topological polar surface area (TPSA) is 115 Å². The molecule has 3 rings (SSSR count). The number of piperidine rings is 1. The summed E-state index contributed by atoms with van der Waals surface area (Å²) < 4.78 is 35.8. The number of aromatic nitrogens is 1. The largest absolute Gasteiger partial charge is 0.462 e. The highest BCUT2D eigenvalue weighted by Gasteiger charge is 2.39. The zero-order valence-corrected chi connectivity index (χ0v) is 21.7. The van der Waals surface area contributed by atoms with Crippen LogP contribution < -0.4 is 5.32 Å². The third-order valence-corrected chi connectivity index (χ3v) is 8.46. The van der Waals surface area contributed by atoms with Gasteiger partial charge in [-0.25, -0.2) is 13.2 Å². The molecule has 10 heteroatoms. The third-order valence-electron chi connectivity index (χ3n) is 6.43. The van der Waals surface area contributed by atoms with Crippen LogP contribution in [0.4, 0.5) is 5.69 Å². The molecule has 0 saturated carbocycles. The number of nitrogens with zero attached hydrogens (tertiary/aromatic N) is 2. The number of carbonyl (C=O) groups excluding carboxylic acids is 3. The van der Waals surface area contributed by atoms with Crippen LogP contribution in [0.15, 0.2) is 29.2 Å². The Balaban J connectivity index is 1.87. The van der Waals surface area contributed by atoms with Crippen molar-refractivity contribution in [1.29, 1.82) is 0 Å². The lowest BCUT2D eigenvalue weighted by atomic mass is 9.98. The second-order valence-corrected chi connectivity index (χ2v) is 10.5. The van der Waals surface area contributed by atoms with Crippen molar-refractivity contribution < 1.29 is 27.5 Å². The Hall–Kier alpha value is -2.98. The molecule has 2 aromatic rings. The third kappa shape index (κ3) is 5.33. The molecule has 1 aliphatic heterocycles. The molecule has 35 heavy (non-hydrogen) atoms. The number of nitrogens with one attached hydrogen (secondary N) is 1. The number of hydrogen-bond acceptors (Lipinski definition) is 6. The van der Waals surface area contributed by atoms with Gasteiger partial charge in [0.2, 0.25) is 15.9 Å². The summed E-state index contributed by atoms with van der Waals surface area (Å²) in [7, 11) is -4.06. The predicted molar refractivity (Wildman–Crippen MR) is 132 cm³/mol. The van der Waals surface area contributed by atoms with Gasteiger partial charge in [-0.15, -0.1) is 0 Å². The summed E-state index contributed by atoms with van der Waals surface area (Å²) in [5.41, 5.74) is 2.16. The first-order valence-electron chi connectivity index (χ1n) is 11.8. The van der Waals surface area contributed by atoms with E-state index >= 15 is 0 Å². The number of esters is 1. The predicted octanol–water partition coefficient (Wildman–Crippen LogP) is 3.54. The van der Waals surface area contributed by atoms with E-state index in [9.17, 15) is 22.8 Å². The number of amides is 1. The van der Waals surface area contributed by atoms with Gasteiger partial charge in [0.25, 0.3) is 0 Å². The van der Waals surface area contributed by atoms with Crippen LogP contribution in [0.1, 0.15) is 65.7 Å². The van der Waals surface area contributed by atoms with Crippen LogP contribution in [0, 0.1) is 19.8 Å². The van der Waals surface area contributed by atoms with E-state index in [2.05, 4.69) is 5.32 Å². The van der Waals surface area contributed by atoms with Gasteiger partial charge in [-0.2, -0.15) is 4.31 Å². The van der Waals surface area contributed by atoms with E-state index in [0.717, 1.165) is 0 Å². The maximum Gasteiger partial charge on any atom is 0.341 e. The van der Waals surface area contributed by atoms with Crippen LogP contribution in [-0.4, -0.2) is 54.6 Å². The molecule has 1 fully saturated rings. The van der Waals surface area contributed by atoms with Crippen molar-refractivity contribution in [3.05, 3.63) is 46.8 Å². The molecular formula is C25H33N3O6S. The van der Waals surface area contributed by atoms with Gasteiger partial charge in [0.05, 0.1) is 12.5 Å². The van der Waals surface area contributed by atoms with Gasteiger partial charge in [0.15, 0.2) is 5.78 Å². The minimum absolute atomic E-state index is 0.0117. The van der Waals surface area contributed by atoms with Gasteiger partial charge in [-0.3, -0.25) is 9.59 Å². The molecule has 1 aromatic carbocycles. The highest BCUT2D eigenvalue weighted by Crippen LogP contribution is 2.33. The van der Waals surface area contributed by atoms with E-state index in [1.165, 1.54) is 11.2 Å². The minimum atomic E-state index is -4.06. The molecule has 0 radical (unpaired) electrons. The van der Waals surface area contributed by atoms with Crippen LogP contribution in [0.2, 0.25) is 0 Å². The summed E-state index contributed by atoms with van der Waals surface area (Å²) in [5.74, 6) is -1.57. The van der Waals surface area contributed by atoms with E-state index in [-0.39, 0.29) is 41.8 Å². The molecule has 1 unspecified atom stereocenters. The fourth-order valence-electron chi connectivity index (χ4n) is 4.62. The zero-order chi connectivity index (χ0) is 25.9. The molecule has 0 aliphatic carbocycles. The first kappa shape index (κ1) is 26.6. The Bertz CT molecular complexity index is 1230. The average Bonchev–Trinajstić information content (AvgIpc) is 3.09. The number of carbonyl (C=O) groups is 3. The van der Waals surface area contributed by atoms with Gasteiger partial charge in [-0.1, -0.05) is 0 Å². The maximum absolute atomic E-state index is 13.8. The quantitative estimate of drug-likeness (QED) is 0.435. The Kier molecular flexibility index (Phi) is 8.17. The van der Waals surface area contributed by atoms with Gasteiger partial charge in [0.1, 0.15) is 10.5 Å². The standard InChI is InChI=1S/C25H33N3O6S/c1-6-28-16(3)22(25(31)34-7-2)23(17(28)4)35(32,33)27-14-8-9-20(15-27)24(30)26-21-12-10-19(11-13-21)18(5)29/h10-13,20H,6-9,14-15H2,1-5H3,(H,26,30). The second kappa shape index (κ2) is 10.7. The number of benzene rings is 1. The molecule has 1 saturated heterocycles. The van der Waals surface area contributed by atoms with Gasteiger partial charge < -0.3 is 14.6 Å². The minimum Gasteiger partial charge on any atom is -0.462 e. The van der Waals surface area contributed by atoms with Crippen molar-refractivity contribution in [3.63, 3.8) is 0 Å². The van der Waals surface area contributed by atoms with E-state index in [1.807, 2.05) is 6.92 Å². The number of ether oxygens (including phenoxy) is 1. The summed E-state index contributed by atoms with van der Waals surface area (Å²) >= 11 is 0. The molecule has 2 heterocycles. The second-order valence-electron chi connectivity index (χ2n) is 8.66. The van der Waals surface area contributed by atoms with Crippen molar-refractivity contribution in [2.45, 2.75) is 58.9 Å². The average molecular weight is 504 g/mol. The Morgan fingerprint density at radius 1 is 1.09 bits per heavy atom. The van der Waals surface area contributed by atoms with E-state index in [1.54, 1.807) is 49.6 Å². The fourth-order valence-corrected chi connectivity index (χ4v) is 6.60. The molecule has 1 aliphatic rings. The first-order valence-corrected chi connectivity index (χ1v) is 13.3. The molecule has 0 bridgehead atoms. The van der Waals surface area contributed by atoms with Gasteiger partial charge >= 0.3 is 5.97 Å². The summed E-state index contributed by atoms with van der Waals surface area (Å²) in [6, 6.07) is 6.57. The monoisotopic (exact) mass is 503 g/mol. The smallest absolute Gasteiger partial charge is 0.341 e. The van der Waals surface area contributed by atoms with Crippen LogP contribution in [0.3, 0.4) is 0 Å². The lowest BCUT2D eigenvalue weighted by Gasteiger charge is -2.31. The van der Waals surface area contributed by atoms with Crippen LogP contribution in [0.25, 0.3) is 0 Å². The van der Waals surface area contributed by atoms with Crippen LogP contribution >= 0.6 is 0 Å². The number of Topliss-reactive ketones (excluding diaryl/α,β-unsaturated/α-hetero) is 1. The molecule has 190 valence electrons. The maximum atomic E-state index is 13.8. The number of ketones is 1. The van der Waals surface area contributed by atoms with Crippen LogP contribution in [-0.2, 0) is 26.1 Å².